The zero-order valence-corrected chi connectivity index (χ0v) is 14.7. The van der Waals surface area contributed by atoms with Gasteiger partial charge in [-0.3, -0.25) is 14.4 Å². The SMILES string of the molecule is Cc1ccc(C(=O)NC2CC2)cc1CC(=O)/C=C/C(=O)c1ccccc1. The third-order valence-corrected chi connectivity index (χ3v) is 4.37. The van der Waals surface area contributed by atoms with Crippen LogP contribution in [0, 0.1) is 6.92 Å². The Balaban J connectivity index is 1.65. The lowest BCUT2D eigenvalue weighted by Gasteiger charge is -2.08. The second-order valence-electron chi connectivity index (χ2n) is 6.60. The average Bonchev–Trinajstić information content (AvgIpc) is 3.46. The highest BCUT2D eigenvalue weighted by Gasteiger charge is 2.24. The number of allylic oxidation sites excluding steroid dienone is 2. The van der Waals surface area contributed by atoms with Crippen molar-refractivity contribution in [2.24, 2.45) is 0 Å². The van der Waals surface area contributed by atoms with E-state index in [2.05, 4.69) is 5.32 Å². The molecule has 4 nitrogen and oxygen atoms in total. The Bertz CT molecular complexity index is 864. The minimum Gasteiger partial charge on any atom is -0.349 e. The molecule has 1 fully saturated rings. The molecule has 4 heteroatoms. The first-order chi connectivity index (χ1) is 12.5. The number of carbonyl (C=O) groups excluding carboxylic acids is 3. The molecule has 3 rings (SSSR count). The van der Waals surface area contributed by atoms with E-state index in [4.69, 9.17) is 0 Å². The maximum absolute atomic E-state index is 12.2. The second-order valence-corrected chi connectivity index (χ2v) is 6.60. The molecular weight excluding hydrogens is 326 g/mol. The predicted molar refractivity (Wildman–Crippen MR) is 100 cm³/mol. The maximum Gasteiger partial charge on any atom is 0.251 e. The molecule has 0 saturated heterocycles. The van der Waals surface area contributed by atoms with Crippen molar-refractivity contribution in [2.75, 3.05) is 0 Å². The number of hydrogen-bond acceptors (Lipinski definition) is 3. The lowest BCUT2D eigenvalue weighted by molar-refractivity contribution is -0.114. The number of carbonyl (C=O) groups is 3. The van der Waals surface area contributed by atoms with Gasteiger partial charge in [0.15, 0.2) is 11.6 Å². The quantitative estimate of drug-likeness (QED) is 0.616. The van der Waals surface area contributed by atoms with Crippen molar-refractivity contribution >= 4 is 17.5 Å². The number of amides is 1. The van der Waals surface area contributed by atoms with Gasteiger partial charge in [-0.05, 0) is 55.2 Å². The molecule has 0 spiro atoms. The van der Waals surface area contributed by atoms with Gasteiger partial charge in [0.05, 0.1) is 0 Å². The predicted octanol–water partition coefficient (Wildman–Crippen LogP) is 3.44. The third kappa shape index (κ3) is 4.76. The number of aryl methyl sites for hydroxylation is 1. The Morgan fingerprint density at radius 3 is 2.42 bits per heavy atom. The van der Waals surface area contributed by atoms with Crippen molar-refractivity contribution in [3.8, 4) is 0 Å². The van der Waals surface area contributed by atoms with Crippen molar-refractivity contribution in [1.29, 1.82) is 0 Å². The summed E-state index contributed by atoms with van der Waals surface area (Å²) in [4.78, 5) is 36.4. The molecule has 0 bridgehead atoms. The van der Waals surface area contributed by atoms with Crippen LogP contribution in [0.25, 0.3) is 0 Å². The molecule has 0 unspecified atom stereocenters. The Hall–Kier alpha value is -3.01. The smallest absolute Gasteiger partial charge is 0.251 e. The molecule has 1 aliphatic rings. The Morgan fingerprint density at radius 2 is 1.73 bits per heavy atom. The van der Waals surface area contributed by atoms with E-state index in [1.165, 1.54) is 12.2 Å². The third-order valence-electron chi connectivity index (χ3n) is 4.37. The van der Waals surface area contributed by atoms with Crippen LogP contribution in [0.2, 0.25) is 0 Å². The normalized spacial score (nSPS) is 13.6. The highest BCUT2D eigenvalue weighted by molar-refractivity contribution is 6.08. The van der Waals surface area contributed by atoms with Crippen LogP contribution >= 0.6 is 0 Å². The summed E-state index contributed by atoms with van der Waals surface area (Å²) in [6, 6.07) is 14.5. The van der Waals surface area contributed by atoms with E-state index in [1.807, 2.05) is 19.1 Å². The van der Waals surface area contributed by atoms with Crippen molar-refractivity contribution in [2.45, 2.75) is 32.2 Å². The zero-order valence-electron chi connectivity index (χ0n) is 14.7. The van der Waals surface area contributed by atoms with E-state index in [0.29, 0.717) is 17.2 Å². The van der Waals surface area contributed by atoms with Gasteiger partial charge in [-0.2, -0.15) is 0 Å². The van der Waals surface area contributed by atoms with Crippen molar-refractivity contribution in [1.82, 2.24) is 5.32 Å². The summed E-state index contributed by atoms with van der Waals surface area (Å²) in [6.07, 6.45) is 4.84. The Kier molecular flexibility index (Phi) is 5.42. The Labute approximate surface area is 152 Å². The molecular formula is C22H21NO3. The lowest BCUT2D eigenvalue weighted by Crippen LogP contribution is -2.25. The molecule has 0 atom stereocenters. The first kappa shape index (κ1) is 17.8. The first-order valence-corrected chi connectivity index (χ1v) is 8.73. The van der Waals surface area contributed by atoms with Crippen LogP contribution in [0.3, 0.4) is 0 Å². The average molecular weight is 347 g/mol. The van der Waals surface area contributed by atoms with Crippen molar-refractivity contribution in [3.05, 3.63) is 82.9 Å². The summed E-state index contributed by atoms with van der Waals surface area (Å²) in [5.41, 5.74) is 2.86. The van der Waals surface area contributed by atoms with Gasteiger partial charge in [0, 0.05) is 23.6 Å². The summed E-state index contributed by atoms with van der Waals surface area (Å²) < 4.78 is 0. The van der Waals surface area contributed by atoms with Gasteiger partial charge in [0.2, 0.25) is 0 Å². The van der Waals surface area contributed by atoms with Crippen LogP contribution in [0.4, 0.5) is 0 Å². The largest absolute Gasteiger partial charge is 0.349 e. The van der Waals surface area contributed by atoms with Gasteiger partial charge in [0.25, 0.3) is 5.91 Å². The Morgan fingerprint density at radius 1 is 1.00 bits per heavy atom. The summed E-state index contributed by atoms with van der Waals surface area (Å²) in [6.45, 7) is 1.91. The van der Waals surface area contributed by atoms with Gasteiger partial charge >= 0.3 is 0 Å². The molecule has 1 saturated carbocycles. The second kappa shape index (κ2) is 7.91. The van der Waals surface area contributed by atoms with Crippen molar-refractivity contribution in [3.63, 3.8) is 0 Å². The van der Waals surface area contributed by atoms with Gasteiger partial charge in [-0.15, -0.1) is 0 Å². The van der Waals surface area contributed by atoms with Gasteiger partial charge < -0.3 is 5.32 Å². The molecule has 0 heterocycles. The highest BCUT2D eigenvalue weighted by Crippen LogP contribution is 2.20. The van der Waals surface area contributed by atoms with E-state index in [1.54, 1.807) is 36.4 Å². The fraction of sp³-hybridized carbons (Fsp3) is 0.227. The fourth-order valence-corrected chi connectivity index (χ4v) is 2.61. The van der Waals surface area contributed by atoms with Crippen LogP contribution in [0.1, 0.15) is 44.7 Å². The molecule has 1 amide bonds. The van der Waals surface area contributed by atoms with E-state index in [-0.39, 0.29) is 23.9 Å². The van der Waals surface area contributed by atoms with Crippen LogP contribution < -0.4 is 5.32 Å². The number of hydrogen-bond donors (Lipinski definition) is 1. The lowest BCUT2D eigenvalue weighted by atomic mass is 9.99. The zero-order chi connectivity index (χ0) is 18.5. The van der Waals surface area contributed by atoms with E-state index in [0.717, 1.165) is 24.0 Å². The topological polar surface area (TPSA) is 63.2 Å². The fourth-order valence-electron chi connectivity index (χ4n) is 2.61. The number of benzene rings is 2. The van der Waals surface area contributed by atoms with Crippen LogP contribution in [-0.2, 0) is 11.2 Å². The molecule has 0 radical (unpaired) electrons. The molecule has 0 aliphatic heterocycles. The molecule has 2 aromatic rings. The number of nitrogens with one attached hydrogen (secondary N) is 1. The summed E-state index contributed by atoms with van der Waals surface area (Å²) in [5.74, 6) is -0.471. The standard InChI is InChI=1S/C22H21NO3/c1-15-7-8-17(22(26)23-19-9-10-19)13-18(15)14-20(24)11-12-21(25)16-5-3-2-4-6-16/h2-8,11-13,19H,9-10,14H2,1H3,(H,23,26)/b12-11+. The molecule has 1 aliphatic carbocycles. The minimum absolute atomic E-state index is 0.101. The van der Waals surface area contributed by atoms with Crippen LogP contribution in [0.5, 0.6) is 0 Å². The van der Waals surface area contributed by atoms with Gasteiger partial charge in [-0.25, -0.2) is 0 Å². The van der Waals surface area contributed by atoms with E-state index >= 15 is 0 Å². The number of rotatable bonds is 7. The number of ketones is 2. The maximum atomic E-state index is 12.2. The van der Waals surface area contributed by atoms with Gasteiger partial charge in [-0.1, -0.05) is 36.4 Å². The molecule has 2 aromatic carbocycles. The van der Waals surface area contributed by atoms with Crippen molar-refractivity contribution < 1.29 is 14.4 Å². The van der Waals surface area contributed by atoms with Crippen LogP contribution in [0.15, 0.2) is 60.7 Å². The molecule has 26 heavy (non-hydrogen) atoms. The summed E-state index contributed by atoms with van der Waals surface area (Å²) in [7, 11) is 0. The molecule has 0 aromatic heterocycles. The summed E-state index contributed by atoms with van der Waals surface area (Å²) >= 11 is 0. The molecule has 1 N–H and O–H groups in total. The first-order valence-electron chi connectivity index (χ1n) is 8.73. The van der Waals surface area contributed by atoms with Crippen LogP contribution in [-0.4, -0.2) is 23.5 Å². The minimum atomic E-state index is -0.201. The highest BCUT2D eigenvalue weighted by atomic mass is 16.2. The van der Waals surface area contributed by atoms with E-state index in [9.17, 15) is 14.4 Å². The van der Waals surface area contributed by atoms with Gasteiger partial charge in [0.1, 0.15) is 0 Å². The monoisotopic (exact) mass is 347 g/mol. The van der Waals surface area contributed by atoms with E-state index < -0.39 is 0 Å². The molecule has 132 valence electrons. The summed E-state index contributed by atoms with van der Waals surface area (Å²) in [5, 5.41) is 2.95.